The molecule has 1 N–H and O–H groups in total. The van der Waals surface area contributed by atoms with E-state index in [1.54, 1.807) is 23.1 Å². The first kappa shape index (κ1) is 18.9. The number of nitro groups is 1. The van der Waals surface area contributed by atoms with Crippen molar-refractivity contribution in [1.29, 1.82) is 0 Å². The van der Waals surface area contributed by atoms with E-state index in [-0.39, 0.29) is 17.2 Å². The smallest absolute Gasteiger partial charge is 0.293 e. The van der Waals surface area contributed by atoms with Crippen molar-refractivity contribution >= 4 is 34.6 Å². The normalized spacial score (nSPS) is 15.3. The number of hydrogen-bond donors (Lipinski definition) is 1. The van der Waals surface area contributed by atoms with Crippen molar-refractivity contribution in [2.24, 2.45) is 0 Å². The first-order valence-corrected chi connectivity index (χ1v) is 9.70. The Bertz CT molecular complexity index is 998. The summed E-state index contributed by atoms with van der Waals surface area (Å²) in [5.74, 6) is -0.409. The zero-order chi connectivity index (χ0) is 20.5. The third-order valence-electron chi connectivity index (χ3n) is 5.49. The van der Waals surface area contributed by atoms with Gasteiger partial charge >= 0.3 is 0 Å². The number of rotatable bonds is 4. The van der Waals surface area contributed by atoms with E-state index in [9.17, 15) is 19.7 Å². The molecule has 4 rings (SSSR count). The minimum atomic E-state index is -0.434. The van der Waals surface area contributed by atoms with Crippen LogP contribution in [0, 0.1) is 10.1 Å². The molecule has 2 aliphatic rings. The number of anilines is 3. The van der Waals surface area contributed by atoms with Crippen LogP contribution in [0.2, 0.25) is 0 Å². The van der Waals surface area contributed by atoms with Crippen LogP contribution in [-0.4, -0.2) is 36.4 Å². The van der Waals surface area contributed by atoms with Gasteiger partial charge in [0.2, 0.25) is 5.91 Å². The van der Waals surface area contributed by atoms with E-state index in [0.717, 1.165) is 43.6 Å². The highest BCUT2D eigenvalue weighted by Crippen LogP contribution is 2.33. The highest BCUT2D eigenvalue weighted by Gasteiger charge is 2.25. The fourth-order valence-electron chi connectivity index (χ4n) is 4.05. The second kappa shape index (κ2) is 7.54. The maximum atomic E-state index is 12.7. The van der Waals surface area contributed by atoms with E-state index in [2.05, 4.69) is 5.32 Å². The number of hydrogen-bond acceptors (Lipinski definition) is 5. The zero-order valence-electron chi connectivity index (χ0n) is 16.2. The summed E-state index contributed by atoms with van der Waals surface area (Å²) in [4.78, 5) is 39.1. The number of fused-ring (bicyclic) bond motifs is 1. The summed E-state index contributed by atoms with van der Waals surface area (Å²) in [7, 11) is 0. The summed E-state index contributed by atoms with van der Waals surface area (Å²) in [5.41, 5.74) is 3.21. The molecule has 2 heterocycles. The molecule has 0 aliphatic carbocycles. The Labute approximate surface area is 168 Å². The van der Waals surface area contributed by atoms with Gasteiger partial charge in [-0.2, -0.15) is 0 Å². The van der Waals surface area contributed by atoms with Gasteiger partial charge in [-0.1, -0.05) is 0 Å². The van der Waals surface area contributed by atoms with Crippen molar-refractivity contribution in [1.82, 2.24) is 0 Å². The third kappa shape index (κ3) is 3.65. The molecular formula is C21H22N4O4. The Hall–Kier alpha value is -3.42. The van der Waals surface area contributed by atoms with E-state index in [0.29, 0.717) is 17.9 Å². The highest BCUT2D eigenvalue weighted by atomic mass is 16.6. The van der Waals surface area contributed by atoms with Crippen molar-refractivity contribution in [3.05, 3.63) is 57.6 Å². The van der Waals surface area contributed by atoms with Crippen LogP contribution in [0.5, 0.6) is 0 Å². The molecule has 0 aromatic heterocycles. The first-order chi connectivity index (χ1) is 13.9. The lowest BCUT2D eigenvalue weighted by molar-refractivity contribution is -0.384. The van der Waals surface area contributed by atoms with Crippen LogP contribution >= 0.6 is 0 Å². The molecule has 0 spiro atoms. The van der Waals surface area contributed by atoms with Crippen LogP contribution in [0.15, 0.2) is 36.4 Å². The number of amides is 2. The molecular weight excluding hydrogens is 372 g/mol. The van der Waals surface area contributed by atoms with Gasteiger partial charge in [-0.15, -0.1) is 0 Å². The van der Waals surface area contributed by atoms with E-state index < -0.39 is 10.8 Å². The van der Waals surface area contributed by atoms with Crippen molar-refractivity contribution in [3.8, 4) is 0 Å². The number of nitrogens with zero attached hydrogens (tertiary/aromatic N) is 3. The van der Waals surface area contributed by atoms with Gasteiger partial charge in [-0.05, 0) is 55.2 Å². The minimum absolute atomic E-state index is 0.00839. The molecule has 2 aromatic carbocycles. The third-order valence-corrected chi connectivity index (χ3v) is 5.49. The number of nitrogens with one attached hydrogen (secondary N) is 1. The number of nitro benzene ring substituents is 1. The Morgan fingerprint density at radius 1 is 1.03 bits per heavy atom. The summed E-state index contributed by atoms with van der Waals surface area (Å²) in [5, 5.41) is 14.3. The zero-order valence-corrected chi connectivity index (χ0v) is 16.2. The largest absolute Gasteiger partial charge is 0.366 e. The van der Waals surface area contributed by atoms with E-state index >= 15 is 0 Å². The average Bonchev–Trinajstić information content (AvgIpc) is 3.37. The van der Waals surface area contributed by atoms with Crippen LogP contribution in [0.25, 0.3) is 0 Å². The molecule has 0 bridgehead atoms. The van der Waals surface area contributed by atoms with Gasteiger partial charge in [-0.25, -0.2) is 0 Å². The predicted molar refractivity (Wildman–Crippen MR) is 111 cm³/mol. The molecule has 2 aliphatic heterocycles. The fourth-order valence-corrected chi connectivity index (χ4v) is 4.05. The number of benzene rings is 2. The van der Waals surface area contributed by atoms with Crippen LogP contribution in [0.1, 0.15) is 35.7 Å². The van der Waals surface area contributed by atoms with Crippen molar-refractivity contribution in [3.63, 3.8) is 0 Å². The van der Waals surface area contributed by atoms with Gasteiger partial charge in [0.15, 0.2) is 0 Å². The Morgan fingerprint density at radius 2 is 1.76 bits per heavy atom. The Morgan fingerprint density at radius 3 is 2.45 bits per heavy atom. The average molecular weight is 394 g/mol. The monoisotopic (exact) mass is 394 g/mol. The summed E-state index contributed by atoms with van der Waals surface area (Å²) in [6.07, 6.45) is 2.76. The predicted octanol–water partition coefficient (Wildman–Crippen LogP) is 3.36. The second-order valence-corrected chi connectivity index (χ2v) is 7.37. The molecule has 0 atom stereocenters. The summed E-state index contributed by atoms with van der Waals surface area (Å²) >= 11 is 0. The standard InChI is InChI=1S/C21H22N4O4/c1-14(26)24-11-8-15-12-17(5-7-18(15)24)22-21(27)16-4-6-19(20(13-16)25(28)29)23-9-2-3-10-23/h4-7,12-13H,2-3,8-11H2,1H3,(H,22,27). The first-order valence-electron chi connectivity index (χ1n) is 9.70. The van der Waals surface area contributed by atoms with Crippen molar-refractivity contribution < 1.29 is 14.5 Å². The van der Waals surface area contributed by atoms with E-state index in [1.165, 1.54) is 13.0 Å². The Kier molecular flexibility index (Phi) is 4.92. The molecule has 1 saturated heterocycles. The maximum Gasteiger partial charge on any atom is 0.293 e. The number of carbonyl (C=O) groups is 2. The lowest BCUT2D eigenvalue weighted by atomic mass is 10.1. The highest BCUT2D eigenvalue weighted by molar-refractivity contribution is 6.05. The van der Waals surface area contributed by atoms with Gasteiger partial charge in [-0.3, -0.25) is 19.7 Å². The molecule has 2 aromatic rings. The lowest BCUT2D eigenvalue weighted by Gasteiger charge is -2.18. The van der Waals surface area contributed by atoms with Crippen molar-refractivity contribution in [2.45, 2.75) is 26.2 Å². The molecule has 0 saturated carbocycles. The van der Waals surface area contributed by atoms with Crippen LogP contribution in [0.4, 0.5) is 22.7 Å². The molecule has 8 heteroatoms. The van der Waals surface area contributed by atoms with E-state index in [4.69, 9.17) is 0 Å². The van der Waals surface area contributed by atoms with Gasteiger partial charge in [0.25, 0.3) is 11.6 Å². The molecule has 0 unspecified atom stereocenters. The van der Waals surface area contributed by atoms with Gasteiger partial charge in [0.1, 0.15) is 5.69 Å². The quantitative estimate of drug-likeness (QED) is 0.634. The van der Waals surface area contributed by atoms with Gasteiger partial charge in [0, 0.05) is 49.6 Å². The Balaban J connectivity index is 1.55. The number of carbonyl (C=O) groups excluding carboxylic acids is 2. The topological polar surface area (TPSA) is 95.8 Å². The molecule has 8 nitrogen and oxygen atoms in total. The summed E-state index contributed by atoms with van der Waals surface area (Å²) in [6, 6.07) is 10.0. The second-order valence-electron chi connectivity index (χ2n) is 7.37. The van der Waals surface area contributed by atoms with E-state index in [1.807, 2.05) is 17.0 Å². The molecule has 0 radical (unpaired) electrons. The minimum Gasteiger partial charge on any atom is -0.366 e. The van der Waals surface area contributed by atoms with Crippen LogP contribution in [0.3, 0.4) is 0 Å². The van der Waals surface area contributed by atoms with Crippen molar-refractivity contribution in [2.75, 3.05) is 34.8 Å². The molecule has 150 valence electrons. The summed E-state index contributed by atoms with van der Waals surface area (Å²) in [6.45, 7) is 3.74. The molecule has 29 heavy (non-hydrogen) atoms. The molecule has 2 amide bonds. The lowest BCUT2D eigenvalue weighted by Crippen LogP contribution is -2.25. The van der Waals surface area contributed by atoms with Crippen LogP contribution in [-0.2, 0) is 11.2 Å². The maximum absolute atomic E-state index is 12.7. The van der Waals surface area contributed by atoms with Crippen LogP contribution < -0.4 is 15.1 Å². The van der Waals surface area contributed by atoms with Gasteiger partial charge in [0.05, 0.1) is 4.92 Å². The van der Waals surface area contributed by atoms with Gasteiger partial charge < -0.3 is 15.1 Å². The SMILES string of the molecule is CC(=O)N1CCc2cc(NC(=O)c3ccc(N4CCCC4)c([N+](=O)[O-])c3)ccc21. The fraction of sp³-hybridized carbons (Fsp3) is 0.333. The summed E-state index contributed by atoms with van der Waals surface area (Å²) < 4.78 is 0. The molecule has 1 fully saturated rings.